The monoisotopic (exact) mass is 229 g/mol. The summed E-state index contributed by atoms with van der Waals surface area (Å²) in [7, 11) is 0. The predicted octanol–water partition coefficient (Wildman–Crippen LogP) is 2.33. The van der Waals surface area contributed by atoms with Crippen LogP contribution in [0.5, 0.6) is 0 Å². The lowest BCUT2D eigenvalue weighted by Gasteiger charge is -2.04. The molecule has 0 radical (unpaired) electrons. The molecule has 0 spiro atoms. The van der Waals surface area contributed by atoms with Crippen molar-refractivity contribution >= 4 is 11.9 Å². The average Bonchev–Trinajstić information content (AvgIpc) is 2.23. The Morgan fingerprint density at radius 1 is 1.00 bits per heavy atom. The Bertz CT molecular complexity index is 204. The maximum atomic E-state index is 11.3. The summed E-state index contributed by atoms with van der Waals surface area (Å²) in [4.78, 5) is 21.5. The van der Waals surface area contributed by atoms with Crippen molar-refractivity contribution in [3.8, 4) is 0 Å². The van der Waals surface area contributed by atoms with Crippen molar-refractivity contribution in [2.45, 2.75) is 58.3 Å². The van der Waals surface area contributed by atoms with Crippen molar-refractivity contribution in [3.05, 3.63) is 0 Å². The fourth-order valence-electron chi connectivity index (χ4n) is 1.43. The molecule has 94 valence electrons. The van der Waals surface area contributed by atoms with E-state index in [1.54, 1.807) is 0 Å². The number of carbonyl (C=O) groups is 2. The minimum atomic E-state index is -0.772. The third-order valence-corrected chi connectivity index (χ3v) is 2.40. The predicted molar refractivity (Wildman–Crippen MR) is 63.3 cm³/mol. The van der Waals surface area contributed by atoms with Crippen LogP contribution in [0, 0.1) is 0 Å². The highest BCUT2D eigenvalue weighted by Crippen LogP contribution is 2.02. The second kappa shape index (κ2) is 10.5. The van der Waals surface area contributed by atoms with Gasteiger partial charge in [0.1, 0.15) is 0 Å². The minimum absolute atomic E-state index is 0.0893. The quantitative estimate of drug-likeness (QED) is 0.565. The van der Waals surface area contributed by atoms with Crippen LogP contribution in [-0.4, -0.2) is 23.5 Å². The average molecular weight is 229 g/mol. The van der Waals surface area contributed by atoms with Gasteiger partial charge in [0, 0.05) is 19.4 Å². The molecule has 0 bridgehead atoms. The first-order chi connectivity index (χ1) is 7.66. The zero-order valence-electron chi connectivity index (χ0n) is 10.1. The molecule has 0 rings (SSSR count). The van der Waals surface area contributed by atoms with Crippen LogP contribution in [0.4, 0.5) is 0 Å². The molecule has 2 N–H and O–H groups in total. The van der Waals surface area contributed by atoms with E-state index < -0.39 is 5.97 Å². The molecule has 0 aliphatic heterocycles. The third kappa shape index (κ3) is 11.0. The topological polar surface area (TPSA) is 66.4 Å². The maximum absolute atomic E-state index is 11.3. The van der Waals surface area contributed by atoms with Gasteiger partial charge in [0.25, 0.3) is 0 Å². The number of amides is 1. The van der Waals surface area contributed by atoms with E-state index in [0.717, 1.165) is 19.3 Å². The second-order valence-corrected chi connectivity index (χ2v) is 4.01. The van der Waals surface area contributed by atoms with Gasteiger partial charge in [0.05, 0.1) is 0 Å². The molecular formula is C12H23NO3. The Hall–Kier alpha value is -1.06. The van der Waals surface area contributed by atoms with Crippen LogP contribution in [0.25, 0.3) is 0 Å². The van der Waals surface area contributed by atoms with Crippen LogP contribution >= 0.6 is 0 Å². The first kappa shape index (κ1) is 14.9. The van der Waals surface area contributed by atoms with E-state index in [1.165, 1.54) is 12.8 Å². The summed E-state index contributed by atoms with van der Waals surface area (Å²) in [5, 5.41) is 11.2. The van der Waals surface area contributed by atoms with E-state index >= 15 is 0 Å². The molecule has 0 atom stereocenters. The zero-order valence-corrected chi connectivity index (χ0v) is 10.1. The van der Waals surface area contributed by atoms with Gasteiger partial charge in [-0.05, 0) is 19.3 Å². The number of hydrogen-bond acceptors (Lipinski definition) is 2. The highest BCUT2D eigenvalue weighted by molar-refractivity contribution is 5.75. The normalized spacial score (nSPS) is 10.1. The van der Waals surface area contributed by atoms with Gasteiger partial charge in [0.2, 0.25) is 5.91 Å². The number of nitrogens with one attached hydrogen (secondary N) is 1. The maximum Gasteiger partial charge on any atom is 0.303 e. The van der Waals surface area contributed by atoms with Gasteiger partial charge in [0.15, 0.2) is 0 Å². The van der Waals surface area contributed by atoms with Crippen molar-refractivity contribution in [1.29, 1.82) is 0 Å². The summed E-state index contributed by atoms with van der Waals surface area (Å²) in [5.41, 5.74) is 0. The van der Waals surface area contributed by atoms with Gasteiger partial charge in [-0.2, -0.15) is 0 Å². The van der Waals surface area contributed by atoms with Crippen molar-refractivity contribution in [2.24, 2.45) is 0 Å². The molecule has 0 aromatic heterocycles. The molecular weight excluding hydrogens is 206 g/mol. The summed E-state index contributed by atoms with van der Waals surface area (Å²) in [5.74, 6) is -0.683. The lowest BCUT2D eigenvalue weighted by molar-refractivity contribution is -0.137. The summed E-state index contributed by atoms with van der Waals surface area (Å²) in [6.07, 6.45) is 6.59. The minimum Gasteiger partial charge on any atom is -0.481 e. The van der Waals surface area contributed by atoms with Crippen molar-refractivity contribution in [2.75, 3.05) is 6.54 Å². The lowest BCUT2D eigenvalue weighted by atomic mass is 10.1. The molecule has 16 heavy (non-hydrogen) atoms. The summed E-state index contributed by atoms with van der Waals surface area (Å²) >= 11 is 0. The molecule has 4 nitrogen and oxygen atoms in total. The van der Waals surface area contributed by atoms with Crippen LogP contribution < -0.4 is 5.32 Å². The molecule has 0 aliphatic rings. The number of carbonyl (C=O) groups excluding carboxylic acids is 1. The molecule has 0 saturated carbocycles. The molecule has 1 amide bonds. The molecule has 0 heterocycles. The van der Waals surface area contributed by atoms with Crippen molar-refractivity contribution in [3.63, 3.8) is 0 Å². The highest BCUT2D eigenvalue weighted by atomic mass is 16.4. The van der Waals surface area contributed by atoms with E-state index in [4.69, 9.17) is 5.11 Å². The van der Waals surface area contributed by atoms with Gasteiger partial charge >= 0.3 is 5.97 Å². The first-order valence-corrected chi connectivity index (χ1v) is 6.15. The first-order valence-electron chi connectivity index (χ1n) is 6.15. The standard InChI is InChI=1S/C12H23NO3/c1-2-3-4-5-8-11(14)13-10-7-6-9-12(15)16/h2-10H2,1H3,(H,13,14)(H,15,16). The molecule has 0 aromatic rings. The van der Waals surface area contributed by atoms with E-state index in [2.05, 4.69) is 12.2 Å². The Kier molecular flexibility index (Phi) is 9.76. The van der Waals surface area contributed by atoms with Crippen LogP contribution in [0.2, 0.25) is 0 Å². The van der Waals surface area contributed by atoms with Crippen molar-refractivity contribution in [1.82, 2.24) is 5.32 Å². The third-order valence-electron chi connectivity index (χ3n) is 2.40. The van der Waals surface area contributed by atoms with E-state index in [-0.39, 0.29) is 12.3 Å². The van der Waals surface area contributed by atoms with Gasteiger partial charge in [-0.3, -0.25) is 9.59 Å². The van der Waals surface area contributed by atoms with Gasteiger partial charge in [-0.15, -0.1) is 0 Å². The molecule has 0 aromatic carbocycles. The van der Waals surface area contributed by atoms with E-state index in [0.29, 0.717) is 19.4 Å². The number of aliphatic carboxylic acids is 1. The second-order valence-electron chi connectivity index (χ2n) is 4.01. The van der Waals surface area contributed by atoms with Crippen LogP contribution in [0.1, 0.15) is 58.3 Å². The zero-order chi connectivity index (χ0) is 12.2. The molecule has 0 fully saturated rings. The lowest BCUT2D eigenvalue weighted by Crippen LogP contribution is -2.24. The van der Waals surface area contributed by atoms with Gasteiger partial charge in [-0.25, -0.2) is 0 Å². The van der Waals surface area contributed by atoms with Crippen molar-refractivity contribution < 1.29 is 14.7 Å². The van der Waals surface area contributed by atoms with Gasteiger partial charge < -0.3 is 10.4 Å². The Balaban J connectivity index is 3.20. The smallest absolute Gasteiger partial charge is 0.303 e. The Labute approximate surface area is 97.4 Å². The van der Waals surface area contributed by atoms with Crippen LogP contribution in [0.3, 0.4) is 0 Å². The summed E-state index contributed by atoms with van der Waals surface area (Å²) in [6, 6.07) is 0. The number of carboxylic acids is 1. The van der Waals surface area contributed by atoms with E-state index in [9.17, 15) is 9.59 Å². The van der Waals surface area contributed by atoms with Crippen LogP contribution in [-0.2, 0) is 9.59 Å². The molecule has 4 heteroatoms. The van der Waals surface area contributed by atoms with E-state index in [1.807, 2.05) is 0 Å². The SMILES string of the molecule is CCCCCCC(=O)NCCCCC(=O)O. The number of hydrogen-bond donors (Lipinski definition) is 2. The number of carboxylic acid groups (broad SMARTS) is 1. The Morgan fingerprint density at radius 2 is 1.69 bits per heavy atom. The summed E-state index contributed by atoms with van der Waals surface area (Å²) in [6.45, 7) is 2.74. The van der Waals surface area contributed by atoms with Gasteiger partial charge in [-0.1, -0.05) is 26.2 Å². The fraction of sp³-hybridized carbons (Fsp3) is 0.833. The molecule has 0 saturated heterocycles. The Morgan fingerprint density at radius 3 is 2.31 bits per heavy atom. The molecule has 0 unspecified atom stereocenters. The fourth-order valence-corrected chi connectivity index (χ4v) is 1.43. The highest BCUT2D eigenvalue weighted by Gasteiger charge is 2.00. The van der Waals surface area contributed by atoms with Crippen LogP contribution in [0.15, 0.2) is 0 Å². The summed E-state index contributed by atoms with van der Waals surface area (Å²) < 4.78 is 0. The largest absolute Gasteiger partial charge is 0.481 e. The number of unbranched alkanes of at least 4 members (excludes halogenated alkanes) is 4. The number of rotatable bonds is 10. The molecule has 0 aliphatic carbocycles.